The Balaban J connectivity index is 2.52. The van der Waals surface area contributed by atoms with Gasteiger partial charge in [-0.3, -0.25) is 9.36 Å². The highest BCUT2D eigenvalue weighted by Gasteiger charge is 2.35. The zero-order valence-electron chi connectivity index (χ0n) is 12.8. The van der Waals surface area contributed by atoms with Crippen LogP contribution in [0.5, 0.6) is 0 Å². The molecule has 0 heterocycles. The molecular formula is C14H27O4P. The van der Waals surface area contributed by atoms with Crippen molar-refractivity contribution in [3.05, 3.63) is 0 Å². The molecule has 0 atom stereocenters. The van der Waals surface area contributed by atoms with Crippen LogP contribution in [0.3, 0.4) is 0 Å². The predicted octanol–water partition coefficient (Wildman–Crippen LogP) is 3.89. The number of rotatable bonds is 5. The molecule has 0 unspecified atom stereocenters. The van der Waals surface area contributed by atoms with Gasteiger partial charge in [0.05, 0.1) is 0 Å². The van der Waals surface area contributed by atoms with Crippen LogP contribution in [0, 0.1) is 17.3 Å². The van der Waals surface area contributed by atoms with Gasteiger partial charge >= 0.3 is 7.60 Å². The average Bonchev–Trinajstić information content (AvgIpc) is 2.37. The summed E-state index contributed by atoms with van der Waals surface area (Å²) in [6, 6.07) is 0. The maximum absolute atomic E-state index is 12.2. The van der Waals surface area contributed by atoms with Crippen molar-refractivity contribution >= 4 is 13.4 Å². The molecule has 0 spiro atoms. The maximum Gasteiger partial charge on any atom is 0.337 e. The quantitative estimate of drug-likeness (QED) is 0.721. The fourth-order valence-corrected chi connectivity index (χ4v) is 3.85. The third-order valence-corrected chi connectivity index (χ3v) is 6.12. The fraction of sp³-hybridized carbons (Fsp3) is 0.929. The molecule has 19 heavy (non-hydrogen) atoms. The van der Waals surface area contributed by atoms with E-state index in [9.17, 15) is 9.36 Å². The molecule has 0 bridgehead atoms. The topological polar surface area (TPSA) is 52.6 Å². The van der Waals surface area contributed by atoms with E-state index >= 15 is 0 Å². The molecule has 1 aliphatic carbocycles. The van der Waals surface area contributed by atoms with Crippen LogP contribution in [0.2, 0.25) is 0 Å². The zero-order chi connectivity index (χ0) is 14.7. The first kappa shape index (κ1) is 16.9. The molecule has 112 valence electrons. The van der Waals surface area contributed by atoms with E-state index in [0.717, 1.165) is 25.7 Å². The molecule has 5 heteroatoms. The summed E-state index contributed by atoms with van der Waals surface area (Å²) in [5.41, 5.74) is 0.308. The van der Waals surface area contributed by atoms with E-state index in [1.54, 1.807) is 0 Å². The van der Waals surface area contributed by atoms with Crippen LogP contribution in [-0.2, 0) is 18.4 Å². The van der Waals surface area contributed by atoms with Crippen LogP contribution in [0.1, 0.15) is 46.5 Å². The van der Waals surface area contributed by atoms with Crippen LogP contribution in [0.25, 0.3) is 0 Å². The minimum absolute atomic E-state index is 0.0252. The third-order valence-electron chi connectivity index (χ3n) is 4.31. The second kappa shape index (κ2) is 6.51. The van der Waals surface area contributed by atoms with Crippen molar-refractivity contribution in [2.24, 2.45) is 17.3 Å². The molecule has 0 N–H and O–H groups in total. The molecule has 1 saturated carbocycles. The third kappa shape index (κ3) is 4.70. The molecule has 0 aromatic carbocycles. The number of hydrogen-bond donors (Lipinski definition) is 0. The van der Waals surface area contributed by atoms with E-state index < -0.39 is 7.60 Å². The van der Waals surface area contributed by atoms with Gasteiger partial charge in [0, 0.05) is 20.1 Å². The molecular weight excluding hydrogens is 263 g/mol. The molecule has 1 fully saturated rings. The normalized spacial score (nSPS) is 25.3. The van der Waals surface area contributed by atoms with Crippen molar-refractivity contribution < 1.29 is 18.4 Å². The molecule has 0 aromatic heterocycles. The second-order valence-electron chi connectivity index (χ2n) is 6.52. The summed E-state index contributed by atoms with van der Waals surface area (Å²) < 4.78 is 21.6. The lowest BCUT2D eigenvalue weighted by Crippen LogP contribution is -2.30. The van der Waals surface area contributed by atoms with Gasteiger partial charge in [0.25, 0.3) is 0 Å². The van der Waals surface area contributed by atoms with Gasteiger partial charge in [-0.2, -0.15) is 0 Å². The van der Waals surface area contributed by atoms with Gasteiger partial charge in [-0.15, -0.1) is 0 Å². The number of hydrogen-bond acceptors (Lipinski definition) is 4. The highest BCUT2D eigenvalue weighted by atomic mass is 31.2. The van der Waals surface area contributed by atoms with Gasteiger partial charge in [-0.1, -0.05) is 20.8 Å². The predicted molar refractivity (Wildman–Crippen MR) is 76.4 cm³/mol. The average molecular weight is 290 g/mol. The highest BCUT2D eigenvalue weighted by Crippen LogP contribution is 2.48. The molecule has 1 aliphatic rings. The first-order valence-corrected chi connectivity index (χ1v) is 8.68. The number of carbonyl (C=O) groups is 1. The fourth-order valence-electron chi connectivity index (χ4n) is 2.81. The Morgan fingerprint density at radius 1 is 1.11 bits per heavy atom. The Bertz CT molecular complexity index is 343. The highest BCUT2D eigenvalue weighted by molar-refractivity contribution is 7.54. The van der Waals surface area contributed by atoms with Gasteiger partial charge in [0.1, 0.15) is 11.9 Å². The van der Waals surface area contributed by atoms with Gasteiger partial charge in [0.2, 0.25) is 0 Å². The lowest BCUT2D eigenvalue weighted by Gasteiger charge is -2.36. The number of ketones is 1. The van der Waals surface area contributed by atoms with Gasteiger partial charge in [-0.05, 0) is 37.0 Å². The van der Waals surface area contributed by atoms with Crippen molar-refractivity contribution in [1.82, 2.24) is 0 Å². The molecule has 0 radical (unpaired) electrons. The van der Waals surface area contributed by atoms with Crippen LogP contribution >= 0.6 is 7.60 Å². The lowest BCUT2D eigenvalue weighted by molar-refractivity contribution is -0.122. The molecule has 0 saturated heterocycles. The summed E-state index contributed by atoms with van der Waals surface area (Å²) in [7, 11) is -0.546. The van der Waals surface area contributed by atoms with E-state index in [4.69, 9.17) is 9.05 Å². The maximum atomic E-state index is 12.2. The summed E-state index contributed by atoms with van der Waals surface area (Å²) in [6.45, 7) is 6.76. The van der Waals surface area contributed by atoms with E-state index in [-0.39, 0.29) is 17.9 Å². The SMILES string of the molecule is COP(=O)(CC(=O)C1CCC(C(C)(C)C)CC1)OC. The number of Topliss-reactive ketones (excluding diaryl/α,β-unsaturated/α-hetero) is 1. The molecule has 0 amide bonds. The summed E-state index contributed by atoms with van der Waals surface area (Å²) in [5, 5.41) is 0. The first-order valence-electron chi connectivity index (χ1n) is 6.95. The van der Waals surface area contributed by atoms with Gasteiger partial charge in [0.15, 0.2) is 0 Å². The zero-order valence-corrected chi connectivity index (χ0v) is 13.7. The molecule has 1 rings (SSSR count). The minimum Gasteiger partial charge on any atom is -0.312 e. The Labute approximate surface area is 116 Å². The second-order valence-corrected chi connectivity index (χ2v) is 8.78. The molecule has 0 aromatic rings. The Hall–Kier alpha value is -0.180. The van der Waals surface area contributed by atoms with Crippen molar-refractivity contribution in [3.63, 3.8) is 0 Å². The Morgan fingerprint density at radius 2 is 1.58 bits per heavy atom. The van der Waals surface area contributed by atoms with Crippen LogP contribution < -0.4 is 0 Å². The van der Waals surface area contributed by atoms with E-state index in [1.165, 1.54) is 14.2 Å². The smallest absolute Gasteiger partial charge is 0.312 e. The van der Waals surface area contributed by atoms with Crippen molar-refractivity contribution in [2.45, 2.75) is 46.5 Å². The Kier molecular flexibility index (Phi) is 5.78. The standard InChI is InChI=1S/C14H27O4P/c1-14(2,3)12-8-6-11(7-9-12)13(15)10-19(16,17-4)18-5/h11-12H,6-10H2,1-5H3. The first-order chi connectivity index (χ1) is 8.72. The summed E-state index contributed by atoms with van der Waals surface area (Å²) in [6.07, 6.45) is 3.85. The van der Waals surface area contributed by atoms with Crippen molar-refractivity contribution in [1.29, 1.82) is 0 Å². The van der Waals surface area contributed by atoms with Crippen LogP contribution in [0.4, 0.5) is 0 Å². The molecule has 0 aliphatic heterocycles. The lowest BCUT2D eigenvalue weighted by atomic mass is 9.69. The van der Waals surface area contributed by atoms with E-state index in [0.29, 0.717) is 11.3 Å². The largest absolute Gasteiger partial charge is 0.337 e. The summed E-state index contributed by atoms with van der Waals surface area (Å²) in [4.78, 5) is 12.2. The van der Waals surface area contributed by atoms with Gasteiger partial charge < -0.3 is 9.05 Å². The summed E-state index contributed by atoms with van der Waals surface area (Å²) >= 11 is 0. The van der Waals surface area contributed by atoms with Crippen LogP contribution in [0.15, 0.2) is 0 Å². The summed E-state index contributed by atoms with van der Waals surface area (Å²) in [5.74, 6) is 0.727. The van der Waals surface area contributed by atoms with E-state index in [1.807, 2.05) is 0 Å². The van der Waals surface area contributed by atoms with Gasteiger partial charge in [-0.25, -0.2) is 0 Å². The van der Waals surface area contributed by atoms with Crippen molar-refractivity contribution in [2.75, 3.05) is 20.4 Å². The number of carbonyl (C=O) groups excluding carboxylic acids is 1. The van der Waals surface area contributed by atoms with Crippen LogP contribution in [-0.4, -0.2) is 26.2 Å². The van der Waals surface area contributed by atoms with E-state index in [2.05, 4.69) is 20.8 Å². The Morgan fingerprint density at radius 3 is 1.95 bits per heavy atom. The monoisotopic (exact) mass is 290 g/mol. The van der Waals surface area contributed by atoms with Crippen molar-refractivity contribution in [3.8, 4) is 0 Å². The minimum atomic E-state index is -3.20. The molecule has 4 nitrogen and oxygen atoms in total.